The van der Waals surface area contributed by atoms with E-state index in [4.69, 9.17) is 4.74 Å². The minimum atomic E-state index is -1.03. The molecule has 0 aliphatic carbocycles. The van der Waals surface area contributed by atoms with Gasteiger partial charge >= 0.3 is 6.09 Å². The quantitative estimate of drug-likeness (QED) is 0.358. The number of anilines is 1. The van der Waals surface area contributed by atoms with Gasteiger partial charge in [0.1, 0.15) is 23.4 Å². The van der Waals surface area contributed by atoms with Crippen molar-refractivity contribution >= 4 is 34.4 Å². The molecular weight excluding hydrogens is 482 g/mol. The van der Waals surface area contributed by atoms with Crippen LogP contribution in [0.2, 0.25) is 0 Å². The predicted octanol–water partition coefficient (Wildman–Crippen LogP) is 5.62. The van der Waals surface area contributed by atoms with Crippen LogP contribution in [0, 0.1) is 5.92 Å². The van der Waals surface area contributed by atoms with Crippen molar-refractivity contribution in [1.82, 2.24) is 10.2 Å². The molecule has 0 aliphatic heterocycles. The Bertz CT molecular complexity index is 1280. The van der Waals surface area contributed by atoms with Gasteiger partial charge < -0.3 is 25.4 Å². The third-order valence-corrected chi connectivity index (χ3v) is 6.36. The minimum absolute atomic E-state index is 0.0421. The maximum Gasteiger partial charge on any atom is 0.408 e. The summed E-state index contributed by atoms with van der Waals surface area (Å²) in [7, 11) is 1.53. The lowest BCUT2D eigenvalue weighted by Crippen LogP contribution is -2.53. The van der Waals surface area contributed by atoms with Crippen LogP contribution in [-0.2, 0) is 14.3 Å². The Hall–Kier alpha value is -4.07. The van der Waals surface area contributed by atoms with Gasteiger partial charge in [-0.3, -0.25) is 9.59 Å². The molecule has 3 rings (SSSR count). The number of benzene rings is 3. The number of phenols is 1. The topological polar surface area (TPSA) is 108 Å². The van der Waals surface area contributed by atoms with Gasteiger partial charge in [0.15, 0.2) is 0 Å². The van der Waals surface area contributed by atoms with Crippen LogP contribution in [0.4, 0.5) is 10.5 Å². The number of alkyl carbamates (subject to hydrolysis) is 1. The summed E-state index contributed by atoms with van der Waals surface area (Å²) in [5.41, 5.74) is 0.369. The third-order valence-electron chi connectivity index (χ3n) is 6.36. The zero-order chi connectivity index (χ0) is 28.0. The van der Waals surface area contributed by atoms with Gasteiger partial charge in [-0.05, 0) is 67.3 Å². The first-order chi connectivity index (χ1) is 17.9. The maximum absolute atomic E-state index is 13.8. The van der Waals surface area contributed by atoms with Crippen LogP contribution in [0.1, 0.15) is 52.6 Å². The zero-order valence-corrected chi connectivity index (χ0v) is 22.8. The summed E-state index contributed by atoms with van der Waals surface area (Å²) in [6, 6.07) is 17.6. The van der Waals surface area contributed by atoms with Crippen molar-refractivity contribution in [2.75, 3.05) is 12.4 Å². The van der Waals surface area contributed by atoms with Crippen LogP contribution in [-0.4, -0.2) is 46.6 Å². The zero-order valence-electron chi connectivity index (χ0n) is 22.8. The molecule has 3 unspecified atom stereocenters. The number of nitrogens with one attached hydrogen (secondary N) is 2. The fourth-order valence-electron chi connectivity index (χ4n) is 4.15. The molecule has 8 nitrogen and oxygen atoms in total. The highest BCUT2D eigenvalue weighted by molar-refractivity contribution is 6.00. The largest absolute Gasteiger partial charge is 0.508 e. The smallest absolute Gasteiger partial charge is 0.408 e. The molecule has 0 spiro atoms. The molecule has 0 saturated carbocycles. The molecule has 0 saturated heterocycles. The molecule has 0 aliphatic rings. The summed E-state index contributed by atoms with van der Waals surface area (Å²) in [5, 5.41) is 17.4. The number of carbonyl (C=O) groups is 3. The van der Waals surface area contributed by atoms with E-state index in [1.807, 2.05) is 56.3 Å². The third kappa shape index (κ3) is 7.25. The first kappa shape index (κ1) is 28.5. The second-order valence-corrected chi connectivity index (χ2v) is 10.5. The Morgan fingerprint density at radius 3 is 2.21 bits per heavy atom. The lowest BCUT2D eigenvalue weighted by molar-refractivity contribution is -0.140. The van der Waals surface area contributed by atoms with Gasteiger partial charge in [-0.15, -0.1) is 0 Å². The summed E-state index contributed by atoms with van der Waals surface area (Å²) in [6.07, 6.45) is -0.0842. The predicted molar refractivity (Wildman–Crippen MR) is 149 cm³/mol. The highest BCUT2D eigenvalue weighted by Crippen LogP contribution is 2.27. The van der Waals surface area contributed by atoms with Crippen molar-refractivity contribution < 1.29 is 24.2 Å². The second-order valence-electron chi connectivity index (χ2n) is 10.5. The van der Waals surface area contributed by atoms with Crippen LogP contribution < -0.4 is 10.6 Å². The van der Waals surface area contributed by atoms with E-state index in [9.17, 15) is 19.5 Å². The number of aromatic hydroxyl groups is 1. The molecule has 3 aromatic rings. The monoisotopic (exact) mass is 519 g/mol. The minimum Gasteiger partial charge on any atom is -0.508 e. The number of fused-ring (bicyclic) bond motifs is 1. The van der Waals surface area contributed by atoms with Gasteiger partial charge in [-0.25, -0.2) is 4.79 Å². The van der Waals surface area contributed by atoms with E-state index >= 15 is 0 Å². The fourth-order valence-corrected chi connectivity index (χ4v) is 4.15. The molecule has 8 heteroatoms. The van der Waals surface area contributed by atoms with E-state index in [0.29, 0.717) is 17.7 Å². The average Bonchev–Trinajstić information content (AvgIpc) is 2.86. The Morgan fingerprint density at radius 2 is 1.61 bits per heavy atom. The summed E-state index contributed by atoms with van der Waals surface area (Å²) in [5.74, 6) is -1.04. The van der Waals surface area contributed by atoms with Crippen molar-refractivity contribution in [1.29, 1.82) is 0 Å². The van der Waals surface area contributed by atoms with Crippen LogP contribution in [0.5, 0.6) is 5.75 Å². The Morgan fingerprint density at radius 1 is 0.974 bits per heavy atom. The number of hydrogen-bond donors (Lipinski definition) is 3. The number of carbonyl (C=O) groups excluding carboxylic acids is 3. The van der Waals surface area contributed by atoms with Gasteiger partial charge in [-0.1, -0.05) is 62.7 Å². The fraction of sp³-hybridized carbons (Fsp3) is 0.367. The van der Waals surface area contributed by atoms with Crippen LogP contribution >= 0.6 is 0 Å². The number of amides is 3. The van der Waals surface area contributed by atoms with Crippen molar-refractivity contribution in [3.8, 4) is 5.75 Å². The SMILES string of the molecule is CCC(C)C(NC(=O)OC(C)(C)C)C(=O)N(C)C(C(=O)Nc1ccc2ccccc2c1)c1ccc(O)cc1. The molecule has 0 heterocycles. The van der Waals surface area contributed by atoms with Crippen molar-refractivity contribution in [3.05, 3.63) is 72.3 Å². The molecule has 3 atom stereocenters. The van der Waals surface area contributed by atoms with E-state index in [1.165, 1.54) is 24.1 Å². The molecule has 3 amide bonds. The highest BCUT2D eigenvalue weighted by Gasteiger charge is 2.36. The van der Waals surface area contributed by atoms with Gasteiger partial charge in [-0.2, -0.15) is 0 Å². The van der Waals surface area contributed by atoms with Crippen LogP contribution in [0.25, 0.3) is 10.8 Å². The lowest BCUT2D eigenvalue weighted by atomic mass is 9.96. The highest BCUT2D eigenvalue weighted by atomic mass is 16.6. The molecule has 0 aromatic heterocycles. The molecular formula is C30H37N3O5. The molecule has 0 fully saturated rings. The van der Waals surface area contributed by atoms with E-state index in [2.05, 4.69) is 10.6 Å². The summed E-state index contributed by atoms with van der Waals surface area (Å²) in [6.45, 7) is 9.02. The Labute approximate surface area is 224 Å². The average molecular weight is 520 g/mol. The van der Waals surface area contributed by atoms with Crippen molar-refractivity contribution in [2.24, 2.45) is 5.92 Å². The van der Waals surface area contributed by atoms with Gasteiger partial charge in [0.25, 0.3) is 5.91 Å². The molecule has 0 radical (unpaired) electrons. The van der Waals surface area contributed by atoms with Crippen LogP contribution in [0.15, 0.2) is 66.7 Å². The molecule has 202 valence electrons. The number of hydrogen-bond acceptors (Lipinski definition) is 5. The van der Waals surface area contributed by atoms with Crippen molar-refractivity contribution in [3.63, 3.8) is 0 Å². The number of nitrogens with zero attached hydrogens (tertiary/aromatic N) is 1. The molecule has 3 aromatic carbocycles. The van der Waals surface area contributed by atoms with Gasteiger partial charge in [0, 0.05) is 12.7 Å². The summed E-state index contributed by atoms with van der Waals surface area (Å²) >= 11 is 0. The number of ether oxygens (including phenoxy) is 1. The first-order valence-corrected chi connectivity index (χ1v) is 12.7. The molecule has 3 N–H and O–H groups in total. The van der Waals surface area contributed by atoms with E-state index in [0.717, 1.165) is 10.8 Å². The van der Waals surface area contributed by atoms with Gasteiger partial charge in [0.2, 0.25) is 5.91 Å². The van der Waals surface area contributed by atoms with Crippen LogP contribution in [0.3, 0.4) is 0 Å². The lowest BCUT2D eigenvalue weighted by Gasteiger charge is -2.33. The summed E-state index contributed by atoms with van der Waals surface area (Å²) in [4.78, 5) is 41.4. The second kappa shape index (κ2) is 12.0. The number of phenolic OH excluding ortho intramolecular Hbond substituents is 1. The molecule has 38 heavy (non-hydrogen) atoms. The maximum atomic E-state index is 13.8. The summed E-state index contributed by atoms with van der Waals surface area (Å²) < 4.78 is 5.38. The van der Waals surface area contributed by atoms with E-state index < -0.39 is 35.6 Å². The number of likely N-dealkylation sites (N-methyl/N-ethyl adjacent to an activating group) is 1. The number of rotatable bonds is 8. The van der Waals surface area contributed by atoms with Gasteiger partial charge in [0.05, 0.1) is 0 Å². The standard InChI is InChI=1S/C30H37N3O5/c1-7-19(2)25(32-29(37)38-30(3,4)5)28(36)33(6)26(21-13-16-24(34)17-14-21)27(35)31-23-15-12-20-10-8-9-11-22(20)18-23/h8-19,25-26,34H,7H2,1-6H3,(H,31,35)(H,32,37). The Kier molecular flexibility index (Phi) is 8.99. The normalized spacial score (nSPS) is 13.7. The first-order valence-electron chi connectivity index (χ1n) is 12.7. The molecule has 0 bridgehead atoms. The Balaban J connectivity index is 1.92. The van der Waals surface area contributed by atoms with Crippen molar-refractivity contribution in [2.45, 2.75) is 58.7 Å². The van der Waals surface area contributed by atoms with E-state index in [1.54, 1.807) is 32.9 Å². The van der Waals surface area contributed by atoms with E-state index in [-0.39, 0.29) is 11.7 Å².